The minimum atomic E-state index is 0.465. The Labute approximate surface area is 162 Å². The molecular weight excluding hydrogens is 332 g/mol. The molecule has 0 fully saturated rings. The number of hydrogen-bond acceptors (Lipinski definition) is 3. The van der Waals surface area contributed by atoms with Gasteiger partial charge in [0.05, 0.1) is 24.7 Å². The van der Waals surface area contributed by atoms with E-state index in [0.717, 1.165) is 47.5 Å². The molecule has 3 heteroatoms. The molecule has 0 radical (unpaired) electrons. The third-order valence-electron chi connectivity index (χ3n) is 5.03. The van der Waals surface area contributed by atoms with Gasteiger partial charge in [0.1, 0.15) is 5.75 Å². The van der Waals surface area contributed by atoms with E-state index in [4.69, 9.17) is 9.72 Å². The normalized spacial score (nSPS) is 12.0. The van der Waals surface area contributed by atoms with E-state index in [-0.39, 0.29) is 0 Å². The van der Waals surface area contributed by atoms with Gasteiger partial charge in [-0.15, -0.1) is 0 Å². The van der Waals surface area contributed by atoms with Gasteiger partial charge in [-0.1, -0.05) is 55.3 Å². The minimum absolute atomic E-state index is 0.465. The molecule has 0 amide bonds. The van der Waals surface area contributed by atoms with E-state index in [1.54, 1.807) is 7.11 Å². The zero-order chi connectivity index (χ0) is 19.2. The van der Waals surface area contributed by atoms with Gasteiger partial charge in [0.25, 0.3) is 0 Å². The van der Waals surface area contributed by atoms with Crippen LogP contribution in [0.2, 0.25) is 0 Å². The topological polar surface area (TPSA) is 35.0 Å². The predicted molar refractivity (Wildman–Crippen MR) is 111 cm³/mol. The van der Waals surface area contributed by atoms with E-state index < -0.39 is 0 Å². The number of nitrogens with zero attached hydrogens (tertiary/aromatic N) is 2. The molecule has 1 unspecified atom stereocenters. The molecule has 0 bridgehead atoms. The summed E-state index contributed by atoms with van der Waals surface area (Å²) in [5.41, 5.74) is 6.76. The van der Waals surface area contributed by atoms with Crippen LogP contribution in [0.4, 0.5) is 0 Å². The SMILES string of the molecule is CCCC(Cc1cncc(-c2ccc(C)c(OC)c2)n1)c1ccc(C)cc1. The lowest BCUT2D eigenvalue weighted by Crippen LogP contribution is -2.05. The van der Waals surface area contributed by atoms with Crippen LogP contribution in [-0.2, 0) is 6.42 Å². The lowest BCUT2D eigenvalue weighted by atomic mass is 9.90. The third kappa shape index (κ3) is 4.73. The molecule has 1 atom stereocenters. The Morgan fingerprint density at radius 3 is 2.48 bits per heavy atom. The first-order chi connectivity index (χ1) is 13.1. The number of aryl methyl sites for hydroxylation is 2. The van der Waals surface area contributed by atoms with Gasteiger partial charge in [-0.25, -0.2) is 4.98 Å². The van der Waals surface area contributed by atoms with Crippen LogP contribution < -0.4 is 4.74 Å². The van der Waals surface area contributed by atoms with Crippen molar-refractivity contribution in [2.24, 2.45) is 0 Å². The lowest BCUT2D eigenvalue weighted by molar-refractivity contribution is 0.412. The van der Waals surface area contributed by atoms with Gasteiger partial charge in [-0.2, -0.15) is 0 Å². The zero-order valence-corrected chi connectivity index (χ0v) is 16.7. The van der Waals surface area contributed by atoms with Crippen molar-refractivity contribution in [3.8, 4) is 17.0 Å². The summed E-state index contributed by atoms with van der Waals surface area (Å²) in [6, 6.07) is 15.1. The molecule has 0 saturated carbocycles. The first-order valence-electron chi connectivity index (χ1n) is 9.63. The van der Waals surface area contributed by atoms with Crippen LogP contribution in [0.3, 0.4) is 0 Å². The first-order valence-corrected chi connectivity index (χ1v) is 9.63. The van der Waals surface area contributed by atoms with Crippen molar-refractivity contribution in [3.05, 3.63) is 77.2 Å². The molecule has 3 nitrogen and oxygen atoms in total. The maximum Gasteiger partial charge on any atom is 0.122 e. The van der Waals surface area contributed by atoms with Crippen molar-refractivity contribution < 1.29 is 4.74 Å². The summed E-state index contributed by atoms with van der Waals surface area (Å²) in [4.78, 5) is 9.35. The Hall–Kier alpha value is -2.68. The number of aromatic nitrogens is 2. The summed E-state index contributed by atoms with van der Waals surface area (Å²) < 4.78 is 5.45. The maximum atomic E-state index is 5.45. The second-order valence-corrected chi connectivity index (χ2v) is 7.18. The zero-order valence-electron chi connectivity index (χ0n) is 16.7. The van der Waals surface area contributed by atoms with Crippen molar-refractivity contribution >= 4 is 0 Å². The molecule has 140 valence electrons. The fourth-order valence-corrected chi connectivity index (χ4v) is 3.45. The van der Waals surface area contributed by atoms with Crippen LogP contribution in [-0.4, -0.2) is 17.1 Å². The Balaban J connectivity index is 1.86. The van der Waals surface area contributed by atoms with Crippen molar-refractivity contribution in [2.45, 2.75) is 46.0 Å². The first kappa shape index (κ1) is 19.1. The number of rotatable bonds is 7. The summed E-state index contributed by atoms with van der Waals surface area (Å²) in [6.07, 6.45) is 6.93. The maximum absolute atomic E-state index is 5.45. The number of hydrogen-bond donors (Lipinski definition) is 0. The van der Waals surface area contributed by atoms with Crippen LogP contribution in [0.25, 0.3) is 11.3 Å². The molecule has 0 aliphatic carbocycles. The highest BCUT2D eigenvalue weighted by Crippen LogP contribution is 2.28. The van der Waals surface area contributed by atoms with Gasteiger partial charge in [0, 0.05) is 11.8 Å². The largest absolute Gasteiger partial charge is 0.496 e. The molecule has 1 aromatic heterocycles. The van der Waals surface area contributed by atoms with Crippen molar-refractivity contribution in [1.82, 2.24) is 9.97 Å². The highest BCUT2D eigenvalue weighted by molar-refractivity contribution is 5.61. The van der Waals surface area contributed by atoms with Crippen LogP contribution >= 0.6 is 0 Å². The van der Waals surface area contributed by atoms with Crippen LogP contribution in [0.15, 0.2) is 54.9 Å². The van der Waals surface area contributed by atoms with E-state index in [2.05, 4.69) is 55.2 Å². The Bertz CT molecular complexity index is 887. The molecule has 0 aliphatic rings. The van der Waals surface area contributed by atoms with Crippen molar-refractivity contribution in [2.75, 3.05) is 7.11 Å². The summed E-state index contributed by atoms with van der Waals surface area (Å²) in [6.45, 7) is 6.41. The van der Waals surface area contributed by atoms with E-state index in [9.17, 15) is 0 Å². The Morgan fingerprint density at radius 1 is 1.00 bits per heavy atom. The van der Waals surface area contributed by atoms with Crippen molar-refractivity contribution in [1.29, 1.82) is 0 Å². The highest BCUT2D eigenvalue weighted by atomic mass is 16.5. The Kier molecular flexibility index (Phi) is 6.23. The second kappa shape index (κ2) is 8.81. The standard InChI is InChI=1S/C24H28N2O/c1-5-6-20(19-10-7-17(2)8-11-19)13-22-15-25-16-23(26-22)21-12-9-18(3)24(14-21)27-4/h7-12,14-16,20H,5-6,13H2,1-4H3. The van der Waals surface area contributed by atoms with Gasteiger partial charge in [-0.05, 0) is 49.8 Å². The fraction of sp³-hybridized carbons (Fsp3) is 0.333. The third-order valence-corrected chi connectivity index (χ3v) is 5.03. The van der Waals surface area contributed by atoms with E-state index in [1.807, 2.05) is 25.4 Å². The molecule has 0 N–H and O–H groups in total. The molecule has 2 aromatic carbocycles. The molecular formula is C24H28N2O. The molecule has 3 aromatic rings. The molecule has 27 heavy (non-hydrogen) atoms. The summed E-state index contributed by atoms with van der Waals surface area (Å²) >= 11 is 0. The monoisotopic (exact) mass is 360 g/mol. The molecule has 0 saturated heterocycles. The smallest absolute Gasteiger partial charge is 0.122 e. The number of methoxy groups -OCH3 is 1. The molecule has 1 heterocycles. The summed E-state index contributed by atoms with van der Waals surface area (Å²) in [5, 5.41) is 0. The summed E-state index contributed by atoms with van der Waals surface area (Å²) in [7, 11) is 1.70. The molecule has 0 spiro atoms. The van der Waals surface area contributed by atoms with Crippen molar-refractivity contribution in [3.63, 3.8) is 0 Å². The molecule has 0 aliphatic heterocycles. The van der Waals surface area contributed by atoms with Crippen LogP contribution in [0.5, 0.6) is 5.75 Å². The van der Waals surface area contributed by atoms with Gasteiger partial charge in [0.15, 0.2) is 0 Å². The average molecular weight is 361 g/mol. The van der Waals surface area contributed by atoms with Gasteiger partial charge in [0.2, 0.25) is 0 Å². The number of ether oxygens (including phenoxy) is 1. The van der Waals surface area contributed by atoms with Gasteiger partial charge < -0.3 is 4.74 Å². The fourth-order valence-electron chi connectivity index (χ4n) is 3.45. The number of benzene rings is 2. The van der Waals surface area contributed by atoms with Crippen LogP contribution in [0, 0.1) is 13.8 Å². The average Bonchev–Trinajstić information content (AvgIpc) is 2.69. The predicted octanol–water partition coefficient (Wildman–Crippen LogP) is 5.90. The lowest BCUT2D eigenvalue weighted by Gasteiger charge is -2.17. The highest BCUT2D eigenvalue weighted by Gasteiger charge is 2.14. The van der Waals surface area contributed by atoms with Gasteiger partial charge >= 0.3 is 0 Å². The quantitative estimate of drug-likeness (QED) is 0.526. The molecule has 3 rings (SSSR count). The minimum Gasteiger partial charge on any atom is -0.496 e. The van der Waals surface area contributed by atoms with E-state index in [0.29, 0.717) is 5.92 Å². The van der Waals surface area contributed by atoms with E-state index >= 15 is 0 Å². The Morgan fingerprint density at radius 2 is 1.78 bits per heavy atom. The van der Waals surface area contributed by atoms with Crippen LogP contribution in [0.1, 0.15) is 48.1 Å². The summed E-state index contributed by atoms with van der Waals surface area (Å²) in [5.74, 6) is 1.34. The van der Waals surface area contributed by atoms with Gasteiger partial charge in [-0.3, -0.25) is 4.98 Å². The van der Waals surface area contributed by atoms with E-state index in [1.165, 1.54) is 11.1 Å². The second-order valence-electron chi connectivity index (χ2n) is 7.18.